The van der Waals surface area contributed by atoms with Crippen LogP contribution in [0.4, 0.5) is 5.82 Å². The maximum Gasteiger partial charge on any atom is 0.157 e. The van der Waals surface area contributed by atoms with Gasteiger partial charge in [0.25, 0.3) is 0 Å². The Balaban J connectivity index is 1.55. The molecule has 1 aliphatic rings. The molecule has 0 saturated carbocycles. The molecule has 1 aromatic carbocycles. The quantitative estimate of drug-likeness (QED) is 0.732. The molecule has 1 aliphatic heterocycles. The molecular formula is C21H27N5O2. The van der Waals surface area contributed by atoms with E-state index in [1.54, 1.807) is 18.7 Å². The molecule has 3 heterocycles. The molecule has 0 amide bonds. The van der Waals surface area contributed by atoms with Crippen LogP contribution in [0.2, 0.25) is 0 Å². The van der Waals surface area contributed by atoms with Crippen molar-refractivity contribution in [2.75, 3.05) is 33.0 Å². The number of nitrogens with zero attached hydrogens (tertiary/aromatic N) is 4. The number of likely N-dealkylation sites (tertiary alicyclic amines) is 1. The van der Waals surface area contributed by atoms with E-state index >= 15 is 0 Å². The smallest absolute Gasteiger partial charge is 0.157 e. The Kier molecular flexibility index (Phi) is 5.09. The number of aryl methyl sites for hydroxylation is 1. The fourth-order valence-corrected chi connectivity index (χ4v) is 4.03. The van der Waals surface area contributed by atoms with Crippen LogP contribution in [0.5, 0.6) is 11.5 Å². The summed E-state index contributed by atoms with van der Waals surface area (Å²) in [6, 6.07) is 9.89. The summed E-state index contributed by atoms with van der Waals surface area (Å²) in [5.74, 6) is 2.73. The third-order valence-electron chi connectivity index (χ3n) is 5.40. The van der Waals surface area contributed by atoms with Crippen molar-refractivity contribution in [2.45, 2.75) is 32.2 Å². The first-order valence-corrected chi connectivity index (χ1v) is 9.63. The van der Waals surface area contributed by atoms with E-state index in [1.807, 2.05) is 31.2 Å². The number of methoxy groups -OCH3 is 2. The van der Waals surface area contributed by atoms with Gasteiger partial charge in [-0.05, 0) is 44.5 Å². The second-order valence-electron chi connectivity index (χ2n) is 7.41. The largest absolute Gasteiger partial charge is 0.497 e. The van der Waals surface area contributed by atoms with Gasteiger partial charge in [-0.25, -0.2) is 4.98 Å². The van der Waals surface area contributed by atoms with E-state index in [-0.39, 0.29) is 0 Å². The molecule has 3 aromatic rings. The minimum atomic E-state index is 0.354. The molecular weight excluding hydrogens is 354 g/mol. The third-order valence-corrected chi connectivity index (χ3v) is 5.40. The number of benzene rings is 1. The summed E-state index contributed by atoms with van der Waals surface area (Å²) in [5.41, 5.74) is 10.1. The highest BCUT2D eigenvalue weighted by atomic mass is 16.5. The molecule has 7 heteroatoms. The first-order valence-electron chi connectivity index (χ1n) is 9.63. The highest BCUT2D eigenvalue weighted by Gasteiger charge is 2.24. The molecule has 2 N–H and O–H groups in total. The van der Waals surface area contributed by atoms with E-state index in [1.165, 1.54) is 0 Å². The molecule has 0 bridgehead atoms. The average Bonchev–Trinajstić information content (AvgIpc) is 3.09. The standard InChI is InChI=1S/C21H27N5O2/c1-14-9-21-23-18(11-20(22)26(21)24-14)15-5-4-8-25(12-15)13-16-10-17(27-2)6-7-19(16)28-3/h6-7,9-11,15H,4-5,8,12-13,22H2,1-3H3/t15-/m0/s1. The van der Waals surface area contributed by atoms with Crippen LogP contribution in [0.3, 0.4) is 0 Å². The summed E-state index contributed by atoms with van der Waals surface area (Å²) in [5, 5.41) is 4.40. The van der Waals surface area contributed by atoms with Gasteiger partial charge in [0.05, 0.1) is 25.6 Å². The predicted octanol–water partition coefficient (Wildman–Crippen LogP) is 3.02. The Bertz CT molecular complexity index is 984. The molecule has 0 unspecified atom stereocenters. The van der Waals surface area contributed by atoms with Crippen LogP contribution in [0, 0.1) is 6.92 Å². The van der Waals surface area contributed by atoms with E-state index in [0.29, 0.717) is 11.7 Å². The van der Waals surface area contributed by atoms with Gasteiger partial charge in [0.1, 0.15) is 17.3 Å². The summed E-state index contributed by atoms with van der Waals surface area (Å²) < 4.78 is 12.6. The van der Waals surface area contributed by atoms with E-state index in [0.717, 1.165) is 66.6 Å². The molecule has 2 aromatic heterocycles. The van der Waals surface area contributed by atoms with Crippen molar-refractivity contribution < 1.29 is 9.47 Å². The molecule has 1 saturated heterocycles. The first-order chi connectivity index (χ1) is 13.6. The minimum Gasteiger partial charge on any atom is -0.497 e. The SMILES string of the molecule is COc1ccc(OC)c(CN2CCC[C@H](c3cc(N)n4nc(C)cc4n3)C2)c1. The molecule has 1 atom stereocenters. The van der Waals surface area contributed by atoms with Crippen molar-refractivity contribution >= 4 is 11.5 Å². The van der Waals surface area contributed by atoms with Crippen LogP contribution in [-0.4, -0.2) is 46.8 Å². The molecule has 4 rings (SSSR count). The Morgan fingerprint density at radius 1 is 1.18 bits per heavy atom. The maximum absolute atomic E-state index is 6.22. The number of nitrogens with two attached hydrogens (primary N) is 1. The Morgan fingerprint density at radius 2 is 2.04 bits per heavy atom. The monoisotopic (exact) mass is 381 g/mol. The molecule has 7 nitrogen and oxygen atoms in total. The Labute approximate surface area is 165 Å². The maximum atomic E-state index is 6.22. The van der Waals surface area contributed by atoms with Crippen molar-refractivity contribution in [3.63, 3.8) is 0 Å². The number of anilines is 1. The zero-order chi connectivity index (χ0) is 19.7. The van der Waals surface area contributed by atoms with Gasteiger partial charge >= 0.3 is 0 Å². The summed E-state index contributed by atoms with van der Waals surface area (Å²) in [7, 11) is 3.40. The van der Waals surface area contributed by atoms with Crippen LogP contribution >= 0.6 is 0 Å². The van der Waals surface area contributed by atoms with Crippen LogP contribution in [0.1, 0.15) is 35.7 Å². The fourth-order valence-electron chi connectivity index (χ4n) is 4.03. The fraction of sp³-hybridized carbons (Fsp3) is 0.429. The van der Waals surface area contributed by atoms with Crippen molar-refractivity contribution in [3.05, 3.63) is 47.3 Å². The van der Waals surface area contributed by atoms with Crippen molar-refractivity contribution in [3.8, 4) is 11.5 Å². The van der Waals surface area contributed by atoms with Gasteiger partial charge in [0.2, 0.25) is 0 Å². The number of ether oxygens (including phenoxy) is 2. The number of hydrogen-bond donors (Lipinski definition) is 1. The second-order valence-corrected chi connectivity index (χ2v) is 7.41. The van der Waals surface area contributed by atoms with E-state index in [4.69, 9.17) is 20.2 Å². The van der Waals surface area contributed by atoms with Crippen molar-refractivity contribution in [1.82, 2.24) is 19.5 Å². The Hall–Kier alpha value is -2.80. The summed E-state index contributed by atoms with van der Waals surface area (Å²) in [4.78, 5) is 7.29. The van der Waals surface area contributed by atoms with Gasteiger partial charge in [-0.1, -0.05) is 0 Å². The van der Waals surface area contributed by atoms with Gasteiger partial charge in [-0.2, -0.15) is 9.61 Å². The van der Waals surface area contributed by atoms with Gasteiger partial charge in [0.15, 0.2) is 5.65 Å². The van der Waals surface area contributed by atoms with Crippen LogP contribution in [-0.2, 0) is 6.54 Å². The lowest BCUT2D eigenvalue weighted by Crippen LogP contribution is -2.34. The summed E-state index contributed by atoms with van der Waals surface area (Å²) in [6.45, 7) is 4.77. The highest BCUT2D eigenvalue weighted by molar-refractivity contribution is 5.48. The molecule has 0 aliphatic carbocycles. The van der Waals surface area contributed by atoms with Crippen LogP contribution in [0.25, 0.3) is 5.65 Å². The van der Waals surface area contributed by atoms with Crippen molar-refractivity contribution in [1.29, 1.82) is 0 Å². The topological polar surface area (TPSA) is 77.9 Å². The lowest BCUT2D eigenvalue weighted by molar-refractivity contribution is 0.196. The Morgan fingerprint density at radius 3 is 2.82 bits per heavy atom. The number of rotatable bonds is 5. The molecule has 0 radical (unpaired) electrons. The molecule has 28 heavy (non-hydrogen) atoms. The lowest BCUT2D eigenvalue weighted by atomic mass is 9.94. The number of hydrogen-bond acceptors (Lipinski definition) is 6. The van der Waals surface area contributed by atoms with Gasteiger partial charge < -0.3 is 15.2 Å². The van der Waals surface area contributed by atoms with E-state index in [9.17, 15) is 0 Å². The second kappa shape index (κ2) is 7.67. The normalized spacial score (nSPS) is 17.8. The first kappa shape index (κ1) is 18.6. The number of aromatic nitrogens is 3. The summed E-state index contributed by atoms with van der Waals surface area (Å²) in [6.07, 6.45) is 2.24. The van der Waals surface area contributed by atoms with E-state index in [2.05, 4.69) is 16.1 Å². The van der Waals surface area contributed by atoms with Crippen LogP contribution < -0.4 is 15.2 Å². The average molecular weight is 381 g/mol. The predicted molar refractivity (Wildman–Crippen MR) is 109 cm³/mol. The highest BCUT2D eigenvalue weighted by Crippen LogP contribution is 2.31. The number of piperidine rings is 1. The molecule has 1 fully saturated rings. The van der Waals surface area contributed by atoms with Gasteiger partial charge in [0, 0.05) is 36.7 Å². The van der Waals surface area contributed by atoms with Crippen LogP contribution in [0.15, 0.2) is 30.3 Å². The third kappa shape index (κ3) is 3.62. The molecule has 148 valence electrons. The van der Waals surface area contributed by atoms with E-state index < -0.39 is 0 Å². The van der Waals surface area contributed by atoms with Gasteiger partial charge in [-0.3, -0.25) is 4.90 Å². The van der Waals surface area contributed by atoms with Gasteiger partial charge in [-0.15, -0.1) is 0 Å². The zero-order valence-corrected chi connectivity index (χ0v) is 16.7. The number of fused-ring (bicyclic) bond motifs is 1. The van der Waals surface area contributed by atoms with Crippen molar-refractivity contribution in [2.24, 2.45) is 0 Å². The minimum absolute atomic E-state index is 0.354. The zero-order valence-electron chi connectivity index (χ0n) is 16.7. The lowest BCUT2D eigenvalue weighted by Gasteiger charge is -2.33. The molecule has 0 spiro atoms. The number of nitrogen functional groups attached to an aromatic ring is 1. The summed E-state index contributed by atoms with van der Waals surface area (Å²) >= 11 is 0.